The molecule has 152 valence electrons. The number of fused-ring (bicyclic) bond motifs is 5. The van der Waals surface area contributed by atoms with Crippen molar-refractivity contribution in [3.8, 4) is 5.75 Å². The number of methoxy groups -OCH3 is 1. The molecule has 1 heterocycles. The first-order valence-electron chi connectivity index (χ1n) is 10.1. The molecule has 2 aromatic carbocycles. The molecule has 2 aliphatic carbocycles. The third-order valence-corrected chi connectivity index (χ3v) is 6.57. The Hall–Kier alpha value is -3.41. The average Bonchev–Trinajstić information content (AvgIpc) is 3.38. The molecule has 3 amide bonds. The molecule has 3 aliphatic rings. The van der Waals surface area contributed by atoms with Gasteiger partial charge >= 0.3 is 0 Å². The van der Waals surface area contributed by atoms with E-state index in [0.717, 1.165) is 6.42 Å². The van der Waals surface area contributed by atoms with Crippen LogP contribution in [0.25, 0.3) is 0 Å². The third-order valence-electron chi connectivity index (χ3n) is 6.57. The normalized spacial score (nSPS) is 26.6. The molecule has 1 N–H and O–H groups in total. The topological polar surface area (TPSA) is 75.7 Å². The number of carbonyl (C=O) groups is 3. The van der Waals surface area contributed by atoms with Crippen LogP contribution in [0.4, 0.5) is 11.4 Å². The van der Waals surface area contributed by atoms with Gasteiger partial charge in [-0.2, -0.15) is 0 Å². The Morgan fingerprint density at radius 1 is 1.07 bits per heavy atom. The van der Waals surface area contributed by atoms with Crippen LogP contribution in [0.1, 0.15) is 23.7 Å². The molecule has 4 unspecified atom stereocenters. The largest absolute Gasteiger partial charge is 0.497 e. The monoisotopic (exact) mass is 402 g/mol. The van der Waals surface area contributed by atoms with Crippen LogP contribution in [-0.4, -0.2) is 24.8 Å². The summed E-state index contributed by atoms with van der Waals surface area (Å²) in [6, 6.07) is 13.8. The van der Waals surface area contributed by atoms with Gasteiger partial charge in [-0.3, -0.25) is 14.4 Å². The maximum atomic E-state index is 13.1. The lowest BCUT2D eigenvalue weighted by atomic mass is 9.82. The fourth-order valence-electron chi connectivity index (χ4n) is 5.22. The molecule has 0 radical (unpaired) electrons. The van der Waals surface area contributed by atoms with E-state index in [2.05, 4.69) is 11.4 Å². The zero-order valence-electron chi connectivity index (χ0n) is 16.8. The van der Waals surface area contributed by atoms with Gasteiger partial charge in [-0.05, 0) is 55.5 Å². The van der Waals surface area contributed by atoms with E-state index >= 15 is 0 Å². The standard InChI is InChI=1S/C24H22N2O4/c1-13-9-15-11-19(13)21-20(15)23(28)26(24(21)29)17-7-3-5-14(10-17)22(27)25-16-6-4-8-18(12-16)30-2/h3-10,12,15,19-21H,11H2,1-2H3,(H,25,27). The Morgan fingerprint density at radius 2 is 1.83 bits per heavy atom. The molecule has 1 saturated carbocycles. The highest BCUT2D eigenvalue weighted by Gasteiger charge is 2.60. The number of nitrogens with one attached hydrogen (secondary N) is 1. The number of ether oxygens (including phenoxy) is 1. The number of carbonyl (C=O) groups excluding carboxylic acids is 3. The van der Waals surface area contributed by atoms with Gasteiger partial charge in [-0.1, -0.05) is 23.8 Å². The van der Waals surface area contributed by atoms with Gasteiger partial charge in [0.15, 0.2) is 0 Å². The van der Waals surface area contributed by atoms with Gasteiger partial charge in [-0.15, -0.1) is 0 Å². The van der Waals surface area contributed by atoms with Crippen molar-refractivity contribution in [2.75, 3.05) is 17.3 Å². The second-order valence-corrected chi connectivity index (χ2v) is 8.22. The SMILES string of the molecule is COc1cccc(NC(=O)c2cccc(N3C(=O)C4C5C=C(C)C(C5)C4C3=O)c2)c1. The van der Waals surface area contributed by atoms with Crippen molar-refractivity contribution in [1.29, 1.82) is 0 Å². The van der Waals surface area contributed by atoms with E-state index in [0.29, 0.717) is 22.7 Å². The highest BCUT2D eigenvalue weighted by molar-refractivity contribution is 6.23. The maximum Gasteiger partial charge on any atom is 0.255 e. The summed E-state index contributed by atoms with van der Waals surface area (Å²) in [6.45, 7) is 2.05. The van der Waals surface area contributed by atoms with Crippen molar-refractivity contribution in [1.82, 2.24) is 0 Å². The van der Waals surface area contributed by atoms with Crippen molar-refractivity contribution in [2.24, 2.45) is 23.7 Å². The summed E-state index contributed by atoms with van der Waals surface area (Å²) in [5.41, 5.74) is 2.65. The summed E-state index contributed by atoms with van der Waals surface area (Å²) in [4.78, 5) is 40.3. The van der Waals surface area contributed by atoms with Gasteiger partial charge in [0.1, 0.15) is 5.75 Å². The van der Waals surface area contributed by atoms with Crippen molar-refractivity contribution in [3.05, 3.63) is 65.7 Å². The van der Waals surface area contributed by atoms with Gasteiger partial charge in [0.25, 0.3) is 5.91 Å². The lowest BCUT2D eigenvalue weighted by Crippen LogP contribution is -2.33. The fourth-order valence-corrected chi connectivity index (χ4v) is 5.22. The number of hydrogen-bond donors (Lipinski definition) is 1. The first kappa shape index (κ1) is 18.6. The van der Waals surface area contributed by atoms with Crippen LogP contribution < -0.4 is 15.0 Å². The maximum absolute atomic E-state index is 13.1. The molecular weight excluding hydrogens is 380 g/mol. The summed E-state index contributed by atoms with van der Waals surface area (Å²) < 4.78 is 5.18. The number of allylic oxidation sites excluding steroid dienone is 2. The van der Waals surface area contributed by atoms with E-state index < -0.39 is 0 Å². The average molecular weight is 402 g/mol. The summed E-state index contributed by atoms with van der Waals surface area (Å²) >= 11 is 0. The summed E-state index contributed by atoms with van der Waals surface area (Å²) in [6.07, 6.45) is 3.05. The van der Waals surface area contributed by atoms with E-state index in [1.807, 2.05) is 6.92 Å². The zero-order valence-corrected chi connectivity index (χ0v) is 16.8. The molecule has 2 aromatic rings. The highest BCUT2D eigenvalue weighted by atomic mass is 16.5. The molecular formula is C24H22N2O4. The fraction of sp³-hybridized carbons (Fsp3) is 0.292. The molecule has 5 rings (SSSR count). The Balaban J connectivity index is 1.40. The highest BCUT2D eigenvalue weighted by Crippen LogP contribution is 2.55. The number of amides is 3. The predicted molar refractivity (Wildman–Crippen MR) is 112 cm³/mol. The van der Waals surface area contributed by atoms with Crippen molar-refractivity contribution in [3.63, 3.8) is 0 Å². The van der Waals surface area contributed by atoms with Crippen molar-refractivity contribution >= 4 is 29.1 Å². The van der Waals surface area contributed by atoms with Crippen LogP contribution in [0.3, 0.4) is 0 Å². The van der Waals surface area contributed by atoms with E-state index in [1.165, 1.54) is 10.5 Å². The van der Waals surface area contributed by atoms with Crippen LogP contribution in [0.15, 0.2) is 60.2 Å². The second kappa shape index (κ2) is 6.83. The van der Waals surface area contributed by atoms with Gasteiger partial charge in [0.2, 0.25) is 11.8 Å². The minimum absolute atomic E-state index is 0.143. The molecule has 6 nitrogen and oxygen atoms in total. The van der Waals surface area contributed by atoms with Crippen LogP contribution >= 0.6 is 0 Å². The van der Waals surface area contributed by atoms with Crippen LogP contribution in [-0.2, 0) is 9.59 Å². The summed E-state index contributed by atoms with van der Waals surface area (Å²) in [5.74, 6) is -0.173. The molecule has 4 atom stereocenters. The summed E-state index contributed by atoms with van der Waals surface area (Å²) in [5, 5.41) is 2.83. The molecule has 1 aliphatic heterocycles. The smallest absolute Gasteiger partial charge is 0.255 e. The van der Waals surface area contributed by atoms with Crippen LogP contribution in [0.5, 0.6) is 5.75 Å². The zero-order chi connectivity index (χ0) is 21.0. The van der Waals surface area contributed by atoms with Crippen LogP contribution in [0, 0.1) is 23.7 Å². The lowest BCUT2D eigenvalue weighted by Gasteiger charge is -2.19. The van der Waals surface area contributed by atoms with Gasteiger partial charge in [0, 0.05) is 17.3 Å². The molecule has 30 heavy (non-hydrogen) atoms. The molecule has 1 saturated heterocycles. The first-order valence-corrected chi connectivity index (χ1v) is 10.1. The lowest BCUT2D eigenvalue weighted by molar-refractivity contribution is -0.123. The Kier molecular flexibility index (Phi) is 4.24. The van der Waals surface area contributed by atoms with Crippen molar-refractivity contribution < 1.29 is 19.1 Å². The molecule has 0 aromatic heterocycles. The first-order chi connectivity index (χ1) is 14.5. The predicted octanol–water partition coefficient (Wildman–Crippen LogP) is 3.65. The Morgan fingerprint density at radius 3 is 2.63 bits per heavy atom. The Bertz CT molecular complexity index is 1110. The van der Waals surface area contributed by atoms with Crippen LogP contribution in [0.2, 0.25) is 0 Å². The molecule has 2 fully saturated rings. The quantitative estimate of drug-likeness (QED) is 0.626. The number of benzene rings is 2. The van der Waals surface area contributed by atoms with E-state index in [1.54, 1.807) is 55.6 Å². The van der Waals surface area contributed by atoms with E-state index in [9.17, 15) is 14.4 Å². The van der Waals surface area contributed by atoms with Crippen molar-refractivity contribution in [2.45, 2.75) is 13.3 Å². The van der Waals surface area contributed by atoms with E-state index in [-0.39, 0.29) is 41.4 Å². The number of imide groups is 1. The minimum Gasteiger partial charge on any atom is -0.497 e. The summed E-state index contributed by atoms with van der Waals surface area (Å²) in [7, 11) is 1.56. The molecule has 0 spiro atoms. The number of anilines is 2. The number of hydrogen-bond acceptors (Lipinski definition) is 4. The Labute approximate surface area is 174 Å². The minimum atomic E-state index is -0.318. The van der Waals surface area contributed by atoms with E-state index in [4.69, 9.17) is 4.74 Å². The second-order valence-electron chi connectivity index (χ2n) is 8.22. The number of nitrogens with zero attached hydrogens (tertiary/aromatic N) is 1. The van der Waals surface area contributed by atoms with Gasteiger partial charge in [-0.25, -0.2) is 4.90 Å². The van der Waals surface area contributed by atoms with Gasteiger partial charge < -0.3 is 10.1 Å². The number of rotatable bonds is 4. The molecule has 6 heteroatoms. The third kappa shape index (κ3) is 2.75. The molecule has 2 bridgehead atoms. The van der Waals surface area contributed by atoms with Gasteiger partial charge in [0.05, 0.1) is 24.6 Å².